The Labute approximate surface area is 185 Å². The van der Waals surface area contributed by atoms with Crippen LogP contribution in [0.4, 0.5) is 0 Å². The van der Waals surface area contributed by atoms with Crippen molar-refractivity contribution >= 4 is 35.1 Å². The molecule has 0 unspecified atom stereocenters. The van der Waals surface area contributed by atoms with Crippen molar-refractivity contribution in [2.24, 2.45) is 0 Å². The summed E-state index contributed by atoms with van der Waals surface area (Å²) >= 11 is 12.4. The Morgan fingerprint density at radius 3 is 1.83 bits per heavy atom. The molecule has 0 heterocycles. The van der Waals surface area contributed by atoms with Gasteiger partial charge in [0.05, 0.1) is 24.3 Å². The molecule has 0 aliphatic carbocycles. The summed E-state index contributed by atoms with van der Waals surface area (Å²) in [6.07, 6.45) is 0. The summed E-state index contributed by atoms with van der Waals surface area (Å²) in [4.78, 5) is 25.6. The van der Waals surface area contributed by atoms with Crippen molar-refractivity contribution in [2.75, 3.05) is 13.2 Å². The molecule has 0 spiro atoms. The number of hydrogen-bond acceptors (Lipinski definition) is 4. The second kappa shape index (κ2) is 9.79. The zero-order chi connectivity index (χ0) is 21.7. The predicted molar refractivity (Wildman–Crippen MR) is 119 cm³/mol. The third kappa shape index (κ3) is 4.66. The Kier molecular flexibility index (Phi) is 7.14. The fraction of sp³-hybridized carbons (Fsp3) is 0.167. The van der Waals surface area contributed by atoms with E-state index in [1.54, 1.807) is 68.4 Å². The molecule has 30 heavy (non-hydrogen) atoms. The zero-order valence-corrected chi connectivity index (χ0v) is 18.1. The molecule has 4 nitrogen and oxygen atoms in total. The zero-order valence-electron chi connectivity index (χ0n) is 16.6. The van der Waals surface area contributed by atoms with Gasteiger partial charge in [0, 0.05) is 15.6 Å². The first-order valence-corrected chi connectivity index (χ1v) is 10.2. The molecular formula is C24H20Cl2O4. The second-order valence-electron chi connectivity index (χ2n) is 6.37. The third-order valence-electron chi connectivity index (χ3n) is 4.47. The third-order valence-corrected chi connectivity index (χ3v) is 5.05. The van der Waals surface area contributed by atoms with Crippen LogP contribution in [0.1, 0.15) is 34.6 Å². The molecular weight excluding hydrogens is 423 g/mol. The Balaban J connectivity index is 2.32. The highest BCUT2D eigenvalue weighted by Crippen LogP contribution is 2.36. The number of esters is 2. The van der Waals surface area contributed by atoms with E-state index in [9.17, 15) is 9.59 Å². The summed E-state index contributed by atoms with van der Waals surface area (Å²) in [6, 6.07) is 17.4. The molecule has 0 N–H and O–H groups in total. The quantitative estimate of drug-likeness (QED) is 0.399. The minimum absolute atomic E-state index is 0.219. The van der Waals surface area contributed by atoms with E-state index in [4.69, 9.17) is 32.7 Å². The molecule has 0 aliphatic rings. The summed E-state index contributed by atoms with van der Waals surface area (Å²) in [5.74, 6) is -0.996. The van der Waals surface area contributed by atoms with E-state index in [-0.39, 0.29) is 13.2 Å². The molecule has 0 fully saturated rings. The highest BCUT2D eigenvalue weighted by atomic mass is 35.5. The van der Waals surface area contributed by atoms with Gasteiger partial charge in [0.25, 0.3) is 0 Å². The minimum Gasteiger partial charge on any atom is -0.462 e. The van der Waals surface area contributed by atoms with Crippen molar-refractivity contribution in [3.63, 3.8) is 0 Å². The highest BCUT2D eigenvalue weighted by molar-refractivity contribution is 6.33. The smallest absolute Gasteiger partial charge is 0.338 e. The fourth-order valence-corrected chi connectivity index (χ4v) is 3.49. The Morgan fingerprint density at radius 1 is 0.733 bits per heavy atom. The summed E-state index contributed by atoms with van der Waals surface area (Å²) < 4.78 is 10.5. The van der Waals surface area contributed by atoms with E-state index in [1.807, 2.05) is 6.07 Å². The first-order chi connectivity index (χ1) is 14.5. The van der Waals surface area contributed by atoms with Gasteiger partial charge in [0.2, 0.25) is 0 Å². The lowest BCUT2D eigenvalue weighted by molar-refractivity contribution is 0.0513. The molecule has 0 radical (unpaired) electrons. The average Bonchev–Trinajstić information content (AvgIpc) is 2.74. The van der Waals surface area contributed by atoms with Crippen molar-refractivity contribution in [2.45, 2.75) is 13.8 Å². The van der Waals surface area contributed by atoms with Crippen LogP contribution in [0, 0.1) is 0 Å². The molecule has 0 saturated heterocycles. The van der Waals surface area contributed by atoms with Gasteiger partial charge in [-0.1, -0.05) is 53.5 Å². The number of ether oxygens (including phenoxy) is 2. The molecule has 0 amide bonds. The van der Waals surface area contributed by atoms with Crippen molar-refractivity contribution in [3.05, 3.63) is 81.8 Å². The molecule has 0 atom stereocenters. The van der Waals surface area contributed by atoms with Gasteiger partial charge in [-0.15, -0.1) is 0 Å². The van der Waals surface area contributed by atoms with Crippen LogP contribution in [0.25, 0.3) is 22.3 Å². The topological polar surface area (TPSA) is 52.6 Å². The fourth-order valence-electron chi connectivity index (χ4n) is 3.13. The summed E-state index contributed by atoms with van der Waals surface area (Å²) in [5.41, 5.74) is 3.02. The van der Waals surface area contributed by atoms with E-state index < -0.39 is 11.9 Å². The first-order valence-electron chi connectivity index (χ1n) is 9.49. The van der Waals surface area contributed by atoms with E-state index in [1.165, 1.54) is 0 Å². The molecule has 3 aromatic rings. The van der Waals surface area contributed by atoms with Gasteiger partial charge in [-0.25, -0.2) is 9.59 Å². The van der Waals surface area contributed by atoms with E-state index in [0.29, 0.717) is 37.9 Å². The van der Waals surface area contributed by atoms with Crippen LogP contribution in [-0.4, -0.2) is 25.2 Å². The monoisotopic (exact) mass is 442 g/mol. The van der Waals surface area contributed by atoms with Crippen LogP contribution >= 0.6 is 23.2 Å². The van der Waals surface area contributed by atoms with E-state index >= 15 is 0 Å². The van der Waals surface area contributed by atoms with Crippen molar-refractivity contribution in [1.29, 1.82) is 0 Å². The normalized spacial score (nSPS) is 10.5. The molecule has 3 aromatic carbocycles. The lowest BCUT2D eigenvalue weighted by atomic mass is 9.90. The predicted octanol–water partition coefficient (Wildman–Crippen LogP) is 6.68. The molecule has 0 aromatic heterocycles. The number of benzene rings is 3. The number of hydrogen-bond donors (Lipinski definition) is 0. The van der Waals surface area contributed by atoms with Gasteiger partial charge in [0.1, 0.15) is 0 Å². The summed E-state index contributed by atoms with van der Waals surface area (Å²) in [5, 5.41) is 1.02. The first kappa shape index (κ1) is 21.9. The van der Waals surface area contributed by atoms with Crippen LogP contribution in [0.5, 0.6) is 0 Å². The Bertz CT molecular complexity index is 1080. The van der Waals surface area contributed by atoms with Crippen LogP contribution in [-0.2, 0) is 9.47 Å². The maximum absolute atomic E-state index is 12.8. The second-order valence-corrected chi connectivity index (χ2v) is 7.21. The van der Waals surface area contributed by atoms with Crippen LogP contribution < -0.4 is 0 Å². The average molecular weight is 443 g/mol. The van der Waals surface area contributed by atoms with Gasteiger partial charge in [-0.2, -0.15) is 0 Å². The van der Waals surface area contributed by atoms with Gasteiger partial charge in [-0.3, -0.25) is 0 Å². The van der Waals surface area contributed by atoms with Crippen LogP contribution in [0.15, 0.2) is 60.7 Å². The Hall–Kier alpha value is -2.82. The lowest BCUT2D eigenvalue weighted by Gasteiger charge is -2.16. The van der Waals surface area contributed by atoms with Crippen molar-refractivity contribution < 1.29 is 19.1 Å². The lowest BCUT2D eigenvalue weighted by Crippen LogP contribution is -2.12. The van der Waals surface area contributed by atoms with Crippen molar-refractivity contribution in [3.8, 4) is 22.3 Å². The molecule has 0 bridgehead atoms. The largest absolute Gasteiger partial charge is 0.462 e. The number of halogens is 2. The minimum atomic E-state index is -0.502. The Morgan fingerprint density at radius 2 is 1.27 bits per heavy atom. The molecule has 0 saturated carbocycles. The van der Waals surface area contributed by atoms with Gasteiger partial charge >= 0.3 is 11.9 Å². The number of carbonyl (C=O) groups is 2. The molecule has 154 valence electrons. The van der Waals surface area contributed by atoms with Gasteiger partial charge in [0.15, 0.2) is 0 Å². The van der Waals surface area contributed by atoms with Gasteiger partial charge in [-0.05, 0) is 60.9 Å². The standard InChI is InChI=1S/C24H20Cl2O4/c1-3-29-23(27)20-14-19(17-7-5-6-8-22(17)26)21(24(28)30-4-2)13-18(20)15-9-11-16(25)12-10-15/h5-14H,3-4H2,1-2H3. The summed E-state index contributed by atoms with van der Waals surface area (Å²) in [6.45, 7) is 3.92. The van der Waals surface area contributed by atoms with Crippen LogP contribution in [0.3, 0.4) is 0 Å². The maximum atomic E-state index is 12.8. The molecule has 3 rings (SSSR count). The molecule has 0 aliphatic heterocycles. The number of carbonyl (C=O) groups excluding carboxylic acids is 2. The molecule has 6 heteroatoms. The van der Waals surface area contributed by atoms with Crippen LogP contribution in [0.2, 0.25) is 10.0 Å². The highest BCUT2D eigenvalue weighted by Gasteiger charge is 2.23. The van der Waals surface area contributed by atoms with Crippen molar-refractivity contribution in [1.82, 2.24) is 0 Å². The van der Waals surface area contributed by atoms with Gasteiger partial charge < -0.3 is 9.47 Å². The SMILES string of the molecule is CCOC(=O)c1cc(-c2ccccc2Cl)c(C(=O)OCC)cc1-c1ccc(Cl)cc1. The van der Waals surface area contributed by atoms with E-state index in [0.717, 1.165) is 5.56 Å². The maximum Gasteiger partial charge on any atom is 0.338 e. The number of rotatable bonds is 6. The van der Waals surface area contributed by atoms with E-state index in [2.05, 4.69) is 0 Å². The summed E-state index contributed by atoms with van der Waals surface area (Å²) in [7, 11) is 0.